The Labute approximate surface area is 251 Å². The summed E-state index contributed by atoms with van der Waals surface area (Å²) in [5.41, 5.74) is 1.87. The third-order valence-corrected chi connectivity index (χ3v) is 8.02. The van der Waals surface area contributed by atoms with Gasteiger partial charge in [0, 0.05) is 19.2 Å². The molecule has 11 nitrogen and oxygen atoms in total. The van der Waals surface area contributed by atoms with Gasteiger partial charge in [-0.25, -0.2) is 19.2 Å². The van der Waals surface area contributed by atoms with Crippen molar-refractivity contribution in [1.29, 1.82) is 5.26 Å². The maximum Gasteiger partial charge on any atom is 0.335 e. The van der Waals surface area contributed by atoms with Gasteiger partial charge in [-0.1, -0.05) is 0 Å². The number of carboxylic acids is 1. The molecule has 2 aliphatic heterocycles. The average Bonchev–Trinajstić information content (AvgIpc) is 3.33. The Morgan fingerprint density at radius 1 is 1.18 bits per heavy atom. The summed E-state index contributed by atoms with van der Waals surface area (Å²) in [4.78, 5) is 26.8. The average molecular weight is 605 g/mol. The van der Waals surface area contributed by atoms with Crippen LogP contribution in [0.1, 0.15) is 53.8 Å². The number of fused-ring (bicyclic) bond motifs is 1. The first kappa shape index (κ1) is 29.4. The zero-order chi connectivity index (χ0) is 30.8. The standard InChI is InChI=1S/C31H30F2N6O5/c1-18-10-21(44-30-24(33)14-35-28(37-30)17-43-27-5-2-19(13-34)11-23(27)32)6-8-38(18)16-29-36-25-4-3-20(31(40)41)12-26(25)39(29)15-22-7-9-42-22/h2-5,11-12,14,18,21-22H,6-10,15-17H2,1H3,(H,40,41)/t18-,21-,22-/m0/s1. The highest BCUT2D eigenvalue weighted by molar-refractivity contribution is 5.92. The molecule has 3 atom stereocenters. The van der Waals surface area contributed by atoms with E-state index < -0.39 is 17.6 Å². The van der Waals surface area contributed by atoms with Gasteiger partial charge in [0.15, 0.2) is 17.4 Å². The first-order valence-electron chi connectivity index (χ1n) is 14.4. The lowest BCUT2D eigenvalue weighted by Gasteiger charge is -2.37. The number of halogens is 2. The molecule has 4 heterocycles. The molecule has 44 heavy (non-hydrogen) atoms. The summed E-state index contributed by atoms with van der Waals surface area (Å²) in [7, 11) is 0. The molecule has 2 aromatic carbocycles. The van der Waals surface area contributed by atoms with Gasteiger partial charge in [0.05, 0.1) is 53.6 Å². The van der Waals surface area contributed by atoms with Crippen LogP contribution in [0.15, 0.2) is 42.6 Å². The van der Waals surface area contributed by atoms with Crippen LogP contribution in [0.2, 0.25) is 0 Å². The van der Waals surface area contributed by atoms with Crippen molar-refractivity contribution in [3.05, 3.63) is 77.0 Å². The molecule has 0 unspecified atom stereocenters. The second kappa shape index (κ2) is 12.5. The van der Waals surface area contributed by atoms with E-state index in [-0.39, 0.29) is 53.4 Å². The molecule has 0 aliphatic carbocycles. The van der Waals surface area contributed by atoms with Gasteiger partial charge in [0.1, 0.15) is 18.5 Å². The van der Waals surface area contributed by atoms with Gasteiger partial charge in [-0.3, -0.25) is 4.90 Å². The van der Waals surface area contributed by atoms with E-state index in [2.05, 4.69) is 26.4 Å². The van der Waals surface area contributed by atoms with Crippen molar-refractivity contribution in [2.45, 2.75) is 64.1 Å². The number of aromatic carboxylic acids is 1. The Morgan fingerprint density at radius 3 is 2.73 bits per heavy atom. The van der Waals surface area contributed by atoms with Gasteiger partial charge >= 0.3 is 5.97 Å². The molecule has 1 N–H and O–H groups in total. The van der Waals surface area contributed by atoms with Crippen LogP contribution in [-0.4, -0.2) is 66.9 Å². The van der Waals surface area contributed by atoms with E-state index in [0.717, 1.165) is 35.5 Å². The minimum Gasteiger partial charge on any atom is -0.483 e. The van der Waals surface area contributed by atoms with Gasteiger partial charge < -0.3 is 23.9 Å². The first-order chi connectivity index (χ1) is 21.3. The number of likely N-dealkylation sites (tertiary alicyclic amines) is 1. The lowest BCUT2D eigenvalue weighted by Crippen LogP contribution is -2.44. The van der Waals surface area contributed by atoms with E-state index in [0.29, 0.717) is 39.1 Å². The van der Waals surface area contributed by atoms with Crippen LogP contribution in [-0.2, 0) is 24.4 Å². The number of hydrogen-bond acceptors (Lipinski definition) is 9. The van der Waals surface area contributed by atoms with Crippen molar-refractivity contribution < 1.29 is 32.9 Å². The molecule has 6 rings (SSSR count). The van der Waals surface area contributed by atoms with Gasteiger partial charge in [-0.05, 0) is 62.6 Å². The molecule has 4 aromatic rings. The predicted octanol–water partition coefficient (Wildman–Crippen LogP) is 4.47. The van der Waals surface area contributed by atoms with Crippen LogP contribution in [0.4, 0.5) is 8.78 Å². The maximum absolute atomic E-state index is 14.6. The van der Waals surface area contributed by atoms with E-state index in [1.165, 1.54) is 12.1 Å². The van der Waals surface area contributed by atoms with Crippen LogP contribution in [0.25, 0.3) is 11.0 Å². The Balaban J connectivity index is 1.11. The fourth-order valence-electron chi connectivity index (χ4n) is 5.49. The molecule has 0 radical (unpaired) electrons. The third-order valence-electron chi connectivity index (χ3n) is 8.02. The van der Waals surface area contributed by atoms with Crippen LogP contribution in [0.3, 0.4) is 0 Å². The highest BCUT2D eigenvalue weighted by atomic mass is 19.1. The zero-order valence-electron chi connectivity index (χ0n) is 23.9. The van der Waals surface area contributed by atoms with E-state index >= 15 is 0 Å². The monoisotopic (exact) mass is 604 g/mol. The summed E-state index contributed by atoms with van der Waals surface area (Å²) in [6.07, 6.45) is 2.94. The van der Waals surface area contributed by atoms with Crippen LogP contribution >= 0.6 is 0 Å². The first-order valence-corrected chi connectivity index (χ1v) is 14.4. The molecular weight excluding hydrogens is 574 g/mol. The van der Waals surface area contributed by atoms with Crippen molar-refractivity contribution >= 4 is 17.0 Å². The lowest BCUT2D eigenvalue weighted by atomic mass is 10.0. The van der Waals surface area contributed by atoms with Crippen molar-refractivity contribution in [3.8, 4) is 17.7 Å². The number of benzene rings is 2. The molecule has 0 bridgehead atoms. The fraction of sp³-hybridized carbons (Fsp3) is 0.387. The van der Waals surface area contributed by atoms with Gasteiger partial charge in [0.2, 0.25) is 5.82 Å². The highest BCUT2D eigenvalue weighted by Gasteiger charge is 2.30. The summed E-state index contributed by atoms with van der Waals surface area (Å²) in [5.74, 6) is -1.71. The summed E-state index contributed by atoms with van der Waals surface area (Å²) < 4.78 is 47.9. The number of rotatable bonds is 10. The third kappa shape index (κ3) is 6.31. The number of carbonyl (C=O) groups is 1. The van der Waals surface area contributed by atoms with Crippen LogP contribution in [0.5, 0.6) is 11.6 Å². The van der Waals surface area contributed by atoms with E-state index in [4.69, 9.17) is 24.5 Å². The molecule has 0 saturated carbocycles. The summed E-state index contributed by atoms with van der Waals surface area (Å²) in [5, 5.41) is 18.4. The normalized spacial score (nSPS) is 20.2. The van der Waals surface area contributed by atoms with Gasteiger partial charge in [-0.15, -0.1) is 0 Å². The Kier molecular flexibility index (Phi) is 8.36. The number of nitriles is 1. The molecule has 13 heteroatoms. The SMILES string of the molecule is C[C@H]1C[C@@H](Oc2nc(COc3ccc(C#N)cc3F)ncc2F)CCN1Cc1nc2ccc(C(=O)O)cc2n1C[C@@H]1CCO1. The number of aromatic nitrogens is 4. The second-order valence-electron chi connectivity index (χ2n) is 11.0. The minimum atomic E-state index is -0.989. The molecular formula is C31H30F2N6O5. The minimum absolute atomic E-state index is 0.0670. The zero-order valence-corrected chi connectivity index (χ0v) is 23.9. The highest BCUT2D eigenvalue weighted by Crippen LogP contribution is 2.28. The van der Waals surface area contributed by atoms with Crippen molar-refractivity contribution in [1.82, 2.24) is 24.4 Å². The smallest absolute Gasteiger partial charge is 0.335 e. The quantitative estimate of drug-likeness (QED) is 0.276. The molecule has 2 aromatic heterocycles. The number of imidazole rings is 1. The Bertz CT molecular complexity index is 1740. The van der Waals surface area contributed by atoms with E-state index in [9.17, 15) is 18.7 Å². The predicted molar refractivity (Wildman–Crippen MR) is 152 cm³/mol. The summed E-state index contributed by atoms with van der Waals surface area (Å²) in [6.45, 7) is 4.38. The van der Waals surface area contributed by atoms with E-state index in [1.807, 2.05) is 6.07 Å². The number of hydrogen-bond donors (Lipinski definition) is 1. The molecule has 2 aliphatic rings. The maximum atomic E-state index is 14.6. The Hall–Kier alpha value is -4.67. The largest absolute Gasteiger partial charge is 0.483 e. The summed E-state index contributed by atoms with van der Waals surface area (Å²) in [6, 6.07) is 10.7. The topological polar surface area (TPSA) is 136 Å². The van der Waals surface area contributed by atoms with E-state index in [1.54, 1.807) is 18.2 Å². The fourth-order valence-corrected chi connectivity index (χ4v) is 5.49. The molecule has 0 amide bonds. The molecule has 0 spiro atoms. The summed E-state index contributed by atoms with van der Waals surface area (Å²) >= 11 is 0. The number of ether oxygens (including phenoxy) is 3. The van der Waals surface area contributed by atoms with Gasteiger partial charge in [-0.2, -0.15) is 14.6 Å². The lowest BCUT2D eigenvalue weighted by molar-refractivity contribution is -0.0593. The number of nitrogens with zero attached hydrogens (tertiary/aromatic N) is 6. The number of piperidine rings is 1. The van der Waals surface area contributed by atoms with Crippen LogP contribution < -0.4 is 9.47 Å². The molecule has 2 fully saturated rings. The van der Waals surface area contributed by atoms with Gasteiger partial charge in [0.25, 0.3) is 5.88 Å². The van der Waals surface area contributed by atoms with Crippen molar-refractivity contribution in [2.24, 2.45) is 0 Å². The Morgan fingerprint density at radius 2 is 2.02 bits per heavy atom. The van der Waals surface area contributed by atoms with Crippen molar-refractivity contribution in [2.75, 3.05) is 13.2 Å². The number of carboxylic acid groups (broad SMARTS) is 1. The molecule has 228 valence electrons. The van der Waals surface area contributed by atoms with Crippen molar-refractivity contribution in [3.63, 3.8) is 0 Å². The molecule has 2 saturated heterocycles. The second-order valence-corrected chi connectivity index (χ2v) is 11.0. The van der Waals surface area contributed by atoms with Crippen LogP contribution in [0, 0.1) is 23.0 Å².